The van der Waals surface area contributed by atoms with Crippen molar-refractivity contribution in [3.05, 3.63) is 131 Å². The SMILES string of the molecule is O=C(COC(=O)c1cccc(N2C(=O)[C@@H]3[C@@H]4C[C@@H]([C@H]3C2=O)[C@H](c2ccccc2)C4)c1)c1ccc(OC(=O)c2ccccc2)cc1. The lowest BCUT2D eigenvalue weighted by Crippen LogP contribution is -2.33. The van der Waals surface area contributed by atoms with Gasteiger partial charge in [0.05, 0.1) is 28.7 Å². The van der Waals surface area contributed by atoms with E-state index in [1.165, 1.54) is 46.9 Å². The van der Waals surface area contributed by atoms with Crippen molar-refractivity contribution < 1.29 is 33.4 Å². The molecule has 5 atom stereocenters. The summed E-state index contributed by atoms with van der Waals surface area (Å²) in [6.07, 6.45) is 1.77. The van der Waals surface area contributed by atoms with Crippen molar-refractivity contribution in [3.63, 3.8) is 0 Å². The Bertz CT molecular complexity index is 1800. The molecule has 224 valence electrons. The van der Waals surface area contributed by atoms with Crippen LogP contribution in [-0.2, 0) is 14.3 Å². The third-order valence-corrected chi connectivity index (χ3v) is 9.31. The molecule has 1 saturated heterocycles. The summed E-state index contributed by atoms with van der Waals surface area (Å²) in [5.41, 5.74) is 2.35. The van der Waals surface area contributed by atoms with Gasteiger partial charge >= 0.3 is 11.9 Å². The summed E-state index contributed by atoms with van der Waals surface area (Å²) in [4.78, 5) is 66.4. The van der Waals surface area contributed by atoms with Crippen molar-refractivity contribution in [1.82, 2.24) is 0 Å². The molecule has 2 saturated carbocycles. The molecule has 2 bridgehead atoms. The van der Waals surface area contributed by atoms with Crippen LogP contribution in [0, 0.1) is 23.7 Å². The van der Waals surface area contributed by atoms with E-state index >= 15 is 0 Å². The number of ether oxygens (including phenoxy) is 2. The predicted octanol–water partition coefficient (Wildman–Crippen LogP) is 5.87. The number of hydrogen-bond acceptors (Lipinski definition) is 7. The fourth-order valence-corrected chi connectivity index (χ4v) is 7.32. The van der Waals surface area contributed by atoms with Gasteiger partial charge in [0.25, 0.3) is 0 Å². The molecule has 0 N–H and O–H groups in total. The first-order valence-corrected chi connectivity index (χ1v) is 15.0. The maximum Gasteiger partial charge on any atom is 0.343 e. The summed E-state index contributed by atoms with van der Waals surface area (Å²) in [7, 11) is 0. The number of nitrogens with zero attached hydrogens (tertiary/aromatic N) is 1. The van der Waals surface area contributed by atoms with Gasteiger partial charge in [-0.3, -0.25) is 19.3 Å². The molecule has 3 fully saturated rings. The minimum absolute atomic E-state index is 0.119. The van der Waals surface area contributed by atoms with Crippen LogP contribution >= 0.6 is 0 Å². The average molecular weight is 600 g/mol. The number of carbonyl (C=O) groups is 5. The number of imide groups is 1. The third-order valence-electron chi connectivity index (χ3n) is 9.31. The Morgan fingerprint density at radius 1 is 0.667 bits per heavy atom. The Labute approximate surface area is 259 Å². The van der Waals surface area contributed by atoms with E-state index in [0.29, 0.717) is 11.3 Å². The molecule has 4 aromatic rings. The molecule has 0 radical (unpaired) electrons. The monoisotopic (exact) mass is 599 g/mol. The first-order valence-electron chi connectivity index (χ1n) is 15.0. The Kier molecular flexibility index (Phi) is 7.33. The first kappa shape index (κ1) is 28.4. The molecule has 4 aromatic carbocycles. The smallest absolute Gasteiger partial charge is 0.343 e. The lowest BCUT2D eigenvalue weighted by Gasteiger charge is -2.28. The summed E-state index contributed by atoms with van der Waals surface area (Å²) >= 11 is 0. The lowest BCUT2D eigenvalue weighted by atomic mass is 9.73. The summed E-state index contributed by atoms with van der Waals surface area (Å²) in [6.45, 7) is -0.512. The van der Waals surface area contributed by atoms with Crippen molar-refractivity contribution in [2.45, 2.75) is 18.8 Å². The van der Waals surface area contributed by atoms with E-state index in [0.717, 1.165) is 12.8 Å². The maximum absolute atomic E-state index is 13.7. The zero-order chi connectivity index (χ0) is 31.1. The summed E-state index contributed by atoms with van der Waals surface area (Å²) in [5, 5.41) is 0. The second kappa shape index (κ2) is 11.6. The quantitative estimate of drug-likeness (QED) is 0.108. The van der Waals surface area contributed by atoms with Gasteiger partial charge in [0, 0.05) is 5.56 Å². The molecular weight excluding hydrogens is 570 g/mol. The van der Waals surface area contributed by atoms with Crippen molar-refractivity contribution in [2.75, 3.05) is 11.5 Å². The second-order valence-electron chi connectivity index (χ2n) is 11.8. The molecule has 8 heteroatoms. The minimum Gasteiger partial charge on any atom is -0.454 e. The lowest BCUT2D eigenvalue weighted by molar-refractivity contribution is -0.123. The molecule has 0 spiro atoms. The third kappa shape index (κ3) is 5.22. The van der Waals surface area contributed by atoms with Crippen LogP contribution < -0.4 is 9.64 Å². The van der Waals surface area contributed by atoms with Gasteiger partial charge in [0.15, 0.2) is 12.4 Å². The Balaban J connectivity index is 0.985. The maximum atomic E-state index is 13.7. The van der Waals surface area contributed by atoms with Crippen LogP contribution in [0.3, 0.4) is 0 Å². The van der Waals surface area contributed by atoms with E-state index in [1.807, 2.05) is 18.2 Å². The highest BCUT2D eigenvalue weighted by Crippen LogP contribution is 2.61. The summed E-state index contributed by atoms with van der Waals surface area (Å²) in [6, 6.07) is 30.9. The van der Waals surface area contributed by atoms with Gasteiger partial charge in [-0.15, -0.1) is 0 Å². The highest BCUT2D eigenvalue weighted by molar-refractivity contribution is 6.23. The standard InChI is InChI=1S/C37H29NO7/c39-31(23-14-16-28(17-15-23)45-37(43)24-10-5-2-6-11-24)21-44-36(42)25-12-7-13-27(18-25)38-34(40)32-26-19-29(22-8-3-1-4-9-22)30(20-26)33(32)35(38)41/h1-18,26,29-30,32-33H,19-21H2/t26-,29-,30+,32+,33+/m0/s1. The van der Waals surface area contributed by atoms with E-state index in [1.54, 1.807) is 42.5 Å². The van der Waals surface area contributed by atoms with Gasteiger partial charge in [-0.2, -0.15) is 0 Å². The summed E-state index contributed by atoms with van der Waals surface area (Å²) < 4.78 is 10.6. The Morgan fingerprint density at radius 2 is 1.33 bits per heavy atom. The predicted molar refractivity (Wildman–Crippen MR) is 164 cm³/mol. The molecule has 3 aliphatic rings. The van der Waals surface area contributed by atoms with Crippen LogP contribution in [0.25, 0.3) is 0 Å². The van der Waals surface area contributed by atoms with E-state index in [4.69, 9.17) is 9.47 Å². The van der Waals surface area contributed by atoms with Crippen LogP contribution in [0.4, 0.5) is 5.69 Å². The number of benzene rings is 4. The molecule has 2 aliphatic carbocycles. The topological polar surface area (TPSA) is 107 Å². The zero-order valence-electron chi connectivity index (χ0n) is 24.2. The highest BCUT2D eigenvalue weighted by Gasteiger charge is 2.64. The Hall–Kier alpha value is -5.37. The fraction of sp³-hybridized carbons (Fsp3) is 0.216. The molecule has 2 amide bonds. The second-order valence-corrected chi connectivity index (χ2v) is 11.8. The average Bonchev–Trinajstić information content (AvgIpc) is 3.75. The number of Topliss-reactive ketones (excluding diaryl/α,β-unsaturated/α-hetero) is 1. The molecule has 45 heavy (non-hydrogen) atoms. The Morgan fingerprint density at radius 3 is 2.07 bits per heavy atom. The molecule has 1 heterocycles. The molecule has 1 aliphatic heterocycles. The van der Waals surface area contributed by atoms with Crippen molar-refractivity contribution in [3.8, 4) is 5.75 Å². The highest BCUT2D eigenvalue weighted by atomic mass is 16.5. The van der Waals surface area contributed by atoms with E-state index in [-0.39, 0.29) is 58.3 Å². The zero-order valence-corrected chi connectivity index (χ0v) is 24.2. The van der Waals surface area contributed by atoms with Crippen molar-refractivity contribution >= 4 is 35.2 Å². The van der Waals surface area contributed by atoms with Gasteiger partial charge in [0.2, 0.25) is 11.8 Å². The van der Waals surface area contributed by atoms with E-state index in [2.05, 4.69) is 12.1 Å². The number of carbonyl (C=O) groups excluding carboxylic acids is 5. The fourth-order valence-electron chi connectivity index (χ4n) is 7.32. The molecule has 7 rings (SSSR count). The number of rotatable bonds is 8. The number of anilines is 1. The van der Waals surface area contributed by atoms with E-state index in [9.17, 15) is 24.0 Å². The van der Waals surface area contributed by atoms with Crippen LogP contribution in [-0.4, -0.2) is 36.1 Å². The minimum atomic E-state index is -0.748. The van der Waals surface area contributed by atoms with Gasteiger partial charge in [0.1, 0.15) is 5.75 Å². The first-order chi connectivity index (χ1) is 21.9. The van der Waals surface area contributed by atoms with Gasteiger partial charge in [-0.05, 0) is 90.8 Å². The normalized spacial score (nSPS) is 23.1. The number of hydrogen-bond donors (Lipinski definition) is 0. The van der Waals surface area contributed by atoms with Gasteiger partial charge in [-0.25, -0.2) is 9.59 Å². The molecule has 0 unspecified atom stereocenters. The van der Waals surface area contributed by atoms with Crippen LogP contribution in [0.15, 0.2) is 109 Å². The van der Waals surface area contributed by atoms with Crippen LogP contribution in [0.5, 0.6) is 5.75 Å². The number of esters is 2. The summed E-state index contributed by atoms with van der Waals surface area (Å²) in [5.74, 6) is -2.00. The van der Waals surface area contributed by atoms with Crippen LogP contribution in [0.1, 0.15) is 55.4 Å². The number of fused-ring (bicyclic) bond motifs is 5. The number of amides is 2. The van der Waals surface area contributed by atoms with E-state index < -0.39 is 24.3 Å². The van der Waals surface area contributed by atoms with Crippen molar-refractivity contribution in [1.29, 1.82) is 0 Å². The molecule has 0 aromatic heterocycles. The van der Waals surface area contributed by atoms with Crippen molar-refractivity contribution in [2.24, 2.45) is 23.7 Å². The van der Waals surface area contributed by atoms with Crippen LogP contribution in [0.2, 0.25) is 0 Å². The largest absolute Gasteiger partial charge is 0.454 e. The molecular formula is C37H29NO7. The number of ketones is 1. The van der Waals surface area contributed by atoms with Gasteiger partial charge in [-0.1, -0.05) is 54.6 Å². The molecule has 8 nitrogen and oxygen atoms in total. The van der Waals surface area contributed by atoms with Gasteiger partial charge < -0.3 is 9.47 Å².